The summed E-state index contributed by atoms with van der Waals surface area (Å²) in [5, 5.41) is 3.59. The lowest BCUT2D eigenvalue weighted by molar-refractivity contribution is -0.142. The van der Waals surface area contributed by atoms with E-state index in [-0.39, 0.29) is 30.8 Å². The van der Waals surface area contributed by atoms with Crippen molar-refractivity contribution in [3.05, 3.63) is 0 Å². The maximum Gasteiger partial charge on any atom is 0.344 e. The molecule has 0 bridgehead atoms. The number of urea groups is 1. The van der Waals surface area contributed by atoms with Crippen molar-refractivity contribution in [3.8, 4) is 0 Å². The van der Waals surface area contributed by atoms with Crippen LogP contribution in [0.4, 0.5) is 4.79 Å². The van der Waals surface area contributed by atoms with Crippen LogP contribution in [0.15, 0.2) is 0 Å². The molecule has 0 atom stereocenters. The standard InChI is InChI=1S/C19H32N4O5/c1-13(2)11-22(10-7-16(25)28-4)12-15(24)21-23-17(26)19(20-18(23)27)8-5-14(3)6-9-19/h13-14H,5-12H2,1-4H3,(H,20,27)(H,21,24). The molecular weight excluding hydrogens is 364 g/mol. The van der Waals surface area contributed by atoms with Gasteiger partial charge >= 0.3 is 12.0 Å². The van der Waals surface area contributed by atoms with E-state index < -0.39 is 17.5 Å². The minimum atomic E-state index is -0.890. The molecule has 1 heterocycles. The first-order valence-electron chi connectivity index (χ1n) is 9.92. The van der Waals surface area contributed by atoms with Gasteiger partial charge < -0.3 is 10.1 Å². The number of hydrazine groups is 1. The number of nitrogens with one attached hydrogen (secondary N) is 2. The van der Waals surface area contributed by atoms with Gasteiger partial charge in [-0.25, -0.2) is 4.79 Å². The van der Waals surface area contributed by atoms with E-state index in [1.807, 2.05) is 18.7 Å². The molecule has 9 heteroatoms. The van der Waals surface area contributed by atoms with Gasteiger partial charge in [-0.05, 0) is 37.5 Å². The number of carbonyl (C=O) groups is 4. The number of imide groups is 1. The average Bonchev–Trinajstić information content (AvgIpc) is 2.85. The van der Waals surface area contributed by atoms with E-state index in [1.54, 1.807) is 0 Å². The smallest absolute Gasteiger partial charge is 0.344 e. The van der Waals surface area contributed by atoms with Gasteiger partial charge in [-0.1, -0.05) is 20.8 Å². The van der Waals surface area contributed by atoms with Crippen LogP contribution in [0.2, 0.25) is 0 Å². The summed E-state index contributed by atoms with van der Waals surface area (Å²) in [5.41, 5.74) is 1.55. The first-order chi connectivity index (χ1) is 13.2. The Balaban J connectivity index is 1.95. The number of methoxy groups -OCH3 is 1. The van der Waals surface area contributed by atoms with Crippen molar-refractivity contribution in [2.45, 2.75) is 58.4 Å². The predicted molar refractivity (Wildman–Crippen MR) is 102 cm³/mol. The fraction of sp³-hybridized carbons (Fsp3) is 0.789. The van der Waals surface area contributed by atoms with Crippen LogP contribution in [-0.2, 0) is 19.1 Å². The van der Waals surface area contributed by atoms with Crippen molar-refractivity contribution in [1.82, 2.24) is 20.7 Å². The van der Waals surface area contributed by atoms with Gasteiger partial charge in [0.15, 0.2) is 0 Å². The van der Waals surface area contributed by atoms with E-state index >= 15 is 0 Å². The Hall–Kier alpha value is -2.16. The second kappa shape index (κ2) is 9.36. The summed E-state index contributed by atoms with van der Waals surface area (Å²) >= 11 is 0. The Morgan fingerprint density at radius 1 is 1.32 bits per heavy atom. The highest BCUT2D eigenvalue weighted by atomic mass is 16.5. The van der Waals surface area contributed by atoms with Crippen LogP contribution < -0.4 is 10.7 Å². The average molecular weight is 396 g/mol. The number of hydrogen-bond donors (Lipinski definition) is 2. The summed E-state index contributed by atoms with van der Waals surface area (Å²) in [4.78, 5) is 50.8. The highest BCUT2D eigenvalue weighted by molar-refractivity contribution is 6.08. The van der Waals surface area contributed by atoms with Gasteiger partial charge in [0.05, 0.1) is 20.1 Å². The SMILES string of the molecule is COC(=O)CCN(CC(=O)NN1C(=O)NC2(CCC(C)CC2)C1=O)CC(C)C. The van der Waals surface area contributed by atoms with Crippen LogP contribution in [0.25, 0.3) is 0 Å². The van der Waals surface area contributed by atoms with E-state index in [0.29, 0.717) is 31.8 Å². The molecule has 2 fully saturated rings. The Kier molecular flexibility index (Phi) is 7.40. The molecule has 28 heavy (non-hydrogen) atoms. The lowest BCUT2D eigenvalue weighted by atomic mass is 9.77. The molecule has 1 aliphatic heterocycles. The van der Waals surface area contributed by atoms with Gasteiger partial charge in [-0.2, -0.15) is 5.01 Å². The van der Waals surface area contributed by atoms with Crippen LogP contribution in [0, 0.1) is 11.8 Å². The molecular formula is C19H32N4O5. The third-order valence-corrected chi connectivity index (χ3v) is 5.38. The molecule has 0 radical (unpaired) electrons. The molecule has 2 N–H and O–H groups in total. The van der Waals surface area contributed by atoms with Crippen LogP contribution >= 0.6 is 0 Å². The van der Waals surface area contributed by atoms with Crippen LogP contribution in [-0.4, -0.2) is 66.0 Å². The zero-order chi connectivity index (χ0) is 20.9. The molecule has 1 saturated carbocycles. The number of carbonyl (C=O) groups excluding carboxylic acids is 4. The van der Waals surface area contributed by atoms with E-state index in [9.17, 15) is 19.2 Å². The number of esters is 1. The van der Waals surface area contributed by atoms with E-state index in [4.69, 9.17) is 0 Å². The third kappa shape index (κ3) is 5.43. The van der Waals surface area contributed by atoms with Gasteiger partial charge in [-0.3, -0.25) is 24.7 Å². The van der Waals surface area contributed by atoms with Crippen molar-refractivity contribution >= 4 is 23.8 Å². The molecule has 9 nitrogen and oxygen atoms in total. The zero-order valence-corrected chi connectivity index (χ0v) is 17.2. The molecule has 0 aromatic heterocycles. The Morgan fingerprint density at radius 2 is 1.96 bits per heavy atom. The zero-order valence-electron chi connectivity index (χ0n) is 17.2. The highest BCUT2D eigenvalue weighted by Gasteiger charge is 2.52. The van der Waals surface area contributed by atoms with Crippen molar-refractivity contribution in [3.63, 3.8) is 0 Å². The van der Waals surface area contributed by atoms with Gasteiger partial charge in [-0.15, -0.1) is 0 Å². The molecule has 1 aliphatic carbocycles. The Morgan fingerprint density at radius 3 is 2.54 bits per heavy atom. The van der Waals surface area contributed by atoms with Gasteiger partial charge in [0.1, 0.15) is 5.54 Å². The number of nitrogens with zero attached hydrogens (tertiary/aromatic N) is 2. The molecule has 158 valence electrons. The summed E-state index contributed by atoms with van der Waals surface area (Å²) in [7, 11) is 1.32. The van der Waals surface area contributed by atoms with Gasteiger partial charge in [0.25, 0.3) is 11.8 Å². The normalized spacial score (nSPS) is 24.8. The summed E-state index contributed by atoms with van der Waals surface area (Å²) < 4.78 is 4.65. The molecule has 0 aromatic carbocycles. The summed E-state index contributed by atoms with van der Waals surface area (Å²) in [6.07, 6.45) is 3.07. The van der Waals surface area contributed by atoms with Crippen LogP contribution in [0.5, 0.6) is 0 Å². The quantitative estimate of drug-likeness (QED) is 0.469. The van der Waals surface area contributed by atoms with Crippen molar-refractivity contribution in [2.75, 3.05) is 26.7 Å². The summed E-state index contributed by atoms with van der Waals surface area (Å²) in [6, 6.07) is -0.585. The molecule has 2 rings (SSSR count). The first kappa shape index (κ1) is 22.1. The lowest BCUT2D eigenvalue weighted by Gasteiger charge is -2.33. The van der Waals surface area contributed by atoms with Crippen molar-refractivity contribution in [1.29, 1.82) is 0 Å². The topological polar surface area (TPSA) is 108 Å². The monoisotopic (exact) mass is 396 g/mol. The summed E-state index contributed by atoms with van der Waals surface area (Å²) in [6.45, 7) is 7.09. The van der Waals surface area contributed by atoms with E-state index in [2.05, 4.69) is 22.4 Å². The maximum absolute atomic E-state index is 12.8. The fourth-order valence-electron chi connectivity index (χ4n) is 3.78. The number of hydrogen-bond acceptors (Lipinski definition) is 6. The van der Waals surface area contributed by atoms with Crippen molar-refractivity contribution in [2.24, 2.45) is 11.8 Å². The number of amides is 4. The number of rotatable bonds is 8. The third-order valence-electron chi connectivity index (χ3n) is 5.38. The second-order valence-electron chi connectivity index (χ2n) is 8.33. The predicted octanol–water partition coefficient (Wildman–Crippen LogP) is 1.04. The highest BCUT2D eigenvalue weighted by Crippen LogP contribution is 2.35. The molecule has 0 unspecified atom stereocenters. The number of ether oxygens (including phenoxy) is 1. The molecule has 1 spiro atoms. The lowest BCUT2D eigenvalue weighted by Crippen LogP contribution is -2.53. The molecule has 0 aromatic rings. The van der Waals surface area contributed by atoms with Crippen LogP contribution in [0.1, 0.15) is 52.9 Å². The molecule has 2 aliphatic rings. The van der Waals surface area contributed by atoms with E-state index in [1.165, 1.54) is 7.11 Å². The maximum atomic E-state index is 12.8. The fourth-order valence-corrected chi connectivity index (χ4v) is 3.78. The van der Waals surface area contributed by atoms with Gasteiger partial charge in [0.2, 0.25) is 0 Å². The van der Waals surface area contributed by atoms with Crippen molar-refractivity contribution < 1.29 is 23.9 Å². The molecule has 1 saturated heterocycles. The minimum Gasteiger partial charge on any atom is -0.469 e. The molecule has 4 amide bonds. The second-order valence-corrected chi connectivity index (χ2v) is 8.33. The summed E-state index contributed by atoms with van der Waals surface area (Å²) in [5.74, 6) is -0.386. The van der Waals surface area contributed by atoms with Gasteiger partial charge in [0, 0.05) is 13.1 Å². The largest absolute Gasteiger partial charge is 0.469 e. The first-order valence-corrected chi connectivity index (χ1v) is 9.92. The Labute approximate surface area is 166 Å². The van der Waals surface area contributed by atoms with Crippen LogP contribution in [0.3, 0.4) is 0 Å². The minimum absolute atomic E-state index is 0.0176. The van der Waals surface area contributed by atoms with E-state index in [0.717, 1.165) is 17.9 Å². The Bertz CT molecular complexity index is 613.